The Morgan fingerprint density at radius 2 is 1.32 bits per heavy atom. The molecular formula is C28H30FN5O7. The lowest BCUT2D eigenvalue weighted by molar-refractivity contribution is -0.387. The first-order valence-electron chi connectivity index (χ1n) is 13.0. The molecule has 1 aliphatic rings. The molecule has 1 fully saturated rings. The van der Waals surface area contributed by atoms with Gasteiger partial charge >= 0.3 is 5.69 Å². The van der Waals surface area contributed by atoms with Crippen LogP contribution < -0.4 is 5.32 Å². The van der Waals surface area contributed by atoms with Gasteiger partial charge in [-0.3, -0.25) is 20.2 Å². The van der Waals surface area contributed by atoms with Crippen molar-refractivity contribution in [2.45, 2.75) is 65.5 Å². The molecule has 4 aromatic rings. The summed E-state index contributed by atoms with van der Waals surface area (Å²) in [7, 11) is 0. The molecule has 0 radical (unpaired) electrons. The number of rotatable bonds is 6. The highest BCUT2D eigenvalue weighted by atomic mass is 19.1. The number of nitrogens with zero attached hydrogens (tertiary/aromatic N) is 4. The van der Waals surface area contributed by atoms with Gasteiger partial charge in [0.1, 0.15) is 17.2 Å². The molecule has 12 nitrogen and oxygen atoms in total. The van der Waals surface area contributed by atoms with Crippen LogP contribution in [-0.2, 0) is 0 Å². The van der Waals surface area contributed by atoms with Gasteiger partial charge in [0.05, 0.1) is 27.3 Å². The molecule has 1 aliphatic carbocycles. The van der Waals surface area contributed by atoms with Crippen molar-refractivity contribution in [3.8, 4) is 22.3 Å². The van der Waals surface area contributed by atoms with Gasteiger partial charge < -0.3 is 19.5 Å². The minimum atomic E-state index is -0.856. The third-order valence-corrected chi connectivity index (χ3v) is 7.04. The Morgan fingerprint density at radius 3 is 1.78 bits per heavy atom. The summed E-state index contributed by atoms with van der Waals surface area (Å²) < 4.78 is 23.3. The number of aryl methyl sites for hydroxylation is 4. The maximum atomic E-state index is 13.2. The van der Waals surface area contributed by atoms with Crippen LogP contribution in [0.2, 0.25) is 0 Å². The summed E-state index contributed by atoms with van der Waals surface area (Å²) in [5, 5.41) is 42.6. The van der Waals surface area contributed by atoms with E-state index >= 15 is 0 Å². The van der Waals surface area contributed by atoms with Gasteiger partial charge in [-0.05, 0) is 76.6 Å². The number of aliphatic hydroxyl groups is 1. The summed E-state index contributed by atoms with van der Waals surface area (Å²) in [6, 6.07) is 9.02. The second kappa shape index (κ2) is 12.3. The Bertz CT molecular complexity index is 1540. The van der Waals surface area contributed by atoms with Gasteiger partial charge in [-0.1, -0.05) is 22.4 Å². The van der Waals surface area contributed by atoms with E-state index in [1.54, 1.807) is 32.9 Å². The first-order valence-corrected chi connectivity index (χ1v) is 13.0. The van der Waals surface area contributed by atoms with E-state index in [4.69, 9.17) is 9.05 Å². The molecule has 0 atom stereocenters. The number of halogens is 1. The Kier molecular flexibility index (Phi) is 8.77. The fraction of sp³-hybridized carbons (Fsp3) is 0.357. The van der Waals surface area contributed by atoms with E-state index in [9.17, 15) is 29.7 Å². The molecule has 13 heteroatoms. The highest BCUT2D eigenvalue weighted by Crippen LogP contribution is 2.35. The summed E-state index contributed by atoms with van der Waals surface area (Å²) in [6.45, 7) is 7.03. The molecule has 0 aliphatic heterocycles. The maximum Gasteiger partial charge on any atom is 0.305 e. The number of nitro benzene ring substituents is 2. The molecule has 1 saturated carbocycles. The number of aromatic nitrogens is 2. The van der Waals surface area contributed by atoms with Crippen LogP contribution in [0.15, 0.2) is 45.4 Å². The minimum Gasteiger partial charge on any atom is -0.393 e. The van der Waals surface area contributed by atoms with Gasteiger partial charge in [0.15, 0.2) is 0 Å². The lowest BCUT2D eigenvalue weighted by atomic mass is 9.93. The van der Waals surface area contributed by atoms with E-state index in [0.29, 0.717) is 39.7 Å². The molecular weight excluding hydrogens is 537 g/mol. The van der Waals surface area contributed by atoms with E-state index in [0.717, 1.165) is 42.9 Å². The summed E-state index contributed by atoms with van der Waals surface area (Å²) >= 11 is 0. The van der Waals surface area contributed by atoms with Crippen LogP contribution in [0.5, 0.6) is 0 Å². The summed E-state index contributed by atoms with van der Waals surface area (Å²) in [6.07, 6.45) is 2.82. The van der Waals surface area contributed by atoms with Crippen LogP contribution in [0.1, 0.15) is 48.6 Å². The molecule has 2 N–H and O–H groups in total. The Labute approximate surface area is 234 Å². The van der Waals surface area contributed by atoms with Gasteiger partial charge in [-0.2, -0.15) is 4.39 Å². The number of hydrogen-bond acceptors (Lipinski definition) is 10. The summed E-state index contributed by atoms with van der Waals surface area (Å²) in [5.74, 6) is 0.331. The van der Waals surface area contributed by atoms with Crippen LogP contribution >= 0.6 is 0 Å². The van der Waals surface area contributed by atoms with E-state index in [1.807, 2.05) is 13.0 Å². The highest BCUT2D eigenvalue weighted by molar-refractivity contribution is 5.75. The summed E-state index contributed by atoms with van der Waals surface area (Å²) in [4.78, 5) is 21.0. The van der Waals surface area contributed by atoms with Crippen LogP contribution in [0, 0.1) is 53.7 Å². The molecule has 5 rings (SSSR count). The monoisotopic (exact) mass is 567 g/mol. The van der Waals surface area contributed by atoms with Gasteiger partial charge in [-0.25, -0.2) is 0 Å². The number of nitro groups is 2. The van der Waals surface area contributed by atoms with Crippen molar-refractivity contribution in [3.05, 3.63) is 85.4 Å². The van der Waals surface area contributed by atoms with Crippen molar-refractivity contribution in [2.75, 3.05) is 5.32 Å². The van der Waals surface area contributed by atoms with Crippen LogP contribution in [0.25, 0.3) is 22.3 Å². The molecule has 0 amide bonds. The number of aliphatic hydroxyl groups excluding tert-OH is 1. The summed E-state index contributed by atoms with van der Waals surface area (Å²) in [5.41, 5.74) is 4.03. The lowest BCUT2D eigenvalue weighted by Crippen LogP contribution is -2.28. The predicted octanol–water partition coefficient (Wildman–Crippen LogP) is 6.59. The van der Waals surface area contributed by atoms with Crippen molar-refractivity contribution in [3.63, 3.8) is 0 Å². The predicted molar refractivity (Wildman–Crippen MR) is 148 cm³/mol. The quantitative estimate of drug-likeness (QED) is 0.191. The van der Waals surface area contributed by atoms with Gasteiger partial charge in [0, 0.05) is 29.3 Å². The van der Waals surface area contributed by atoms with Crippen LogP contribution in [0.3, 0.4) is 0 Å². The average molecular weight is 568 g/mol. The van der Waals surface area contributed by atoms with Crippen molar-refractivity contribution in [1.29, 1.82) is 0 Å². The zero-order valence-electron chi connectivity index (χ0n) is 23.0. The Morgan fingerprint density at radius 1 is 0.829 bits per heavy atom. The molecule has 41 heavy (non-hydrogen) atoms. The van der Waals surface area contributed by atoms with Crippen molar-refractivity contribution in [2.24, 2.45) is 0 Å². The number of hydrogen-bond donors (Lipinski definition) is 2. The molecule has 0 spiro atoms. The molecule has 0 unspecified atom stereocenters. The van der Waals surface area contributed by atoms with Gasteiger partial charge in [-0.15, -0.1) is 0 Å². The topological polar surface area (TPSA) is 171 Å². The maximum absolute atomic E-state index is 13.2. The average Bonchev–Trinajstić information content (AvgIpc) is 3.45. The fourth-order valence-electron chi connectivity index (χ4n) is 5.00. The normalized spacial score (nSPS) is 16.5. The smallest absolute Gasteiger partial charge is 0.305 e. The third-order valence-electron chi connectivity index (χ3n) is 7.04. The molecule has 216 valence electrons. The number of nitrogens with one attached hydrogen (secondary N) is 1. The highest BCUT2D eigenvalue weighted by Gasteiger charge is 2.24. The van der Waals surface area contributed by atoms with E-state index in [-0.39, 0.29) is 22.8 Å². The first kappa shape index (κ1) is 29.3. The van der Waals surface area contributed by atoms with Crippen molar-refractivity contribution >= 4 is 17.1 Å². The van der Waals surface area contributed by atoms with Crippen LogP contribution in [0.4, 0.5) is 21.5 Å². The van der Waals surface area contributed by atoms with E-state index in [1.165, 1.54) is 12.1 Å². The van der Waals surface area contributed by atoms with Crippen LogP contribution in [-0.4, -0.2) is 37.4 Å². The SMILES string of the molecule is Cc1noc(C)c1-c1ccc(F)c([N+](=O)[O-])c1.Cc1noc(C)c1-c1ccc(NC2CCC(O)CC2)c([N+](=O)[O-])c1. The molecule has 2 aromatic heterocycles. The van der Waals surface area contributed by atoms with Gasteiger partial charge in [0.25, 0.3) is 5.69 Å². The second-order valence-electron chi connectivity index (χ2n) is 9.96. The van der Waals surface area contributed by atoms with Gasteiger partial charge in [0.2, 0.25) is 5.82 Å². The van der Waals surface area contributed by atoms with Crippen molar-refractivity contribution in [1.82, 2.24) is 10.3 Å². The van der Waals surface area contributed by atoms with E-state index < -0.39 is 16.4 Å². The molecule has 0 bridgehead atoms. The third kappa shape index (κ3) is 6.57. The minimum absolute atomic E-state index is 0.0404. The Hall–Kier alpha value is -4.65. The Balaban J connectivity index is 0.000000201. The zero-order valence-corrected chi connectivity index (χ0v) is 23.0. The largest absolute Gasteiger partial charge is 0.393 e. The number of benzene rings is 2. The van der Waals surface area contributed by atoms with E-state index in [2.05, 4.69) is 15.6 Å². The second-order valence-corrected chi connectivity index (χ2v) is 9.96. The fourth-order valence-corrected chi connectivity index (χ4v) is 5.00. The number of anilines is 1. The standard InChI is InChI=1S/C17H21N3O4.C11H9FN2O3/c1-10-17(11(2)24-19-10)12-3-8-15(16(9-12)20(22)23)18-13-4-6-14(21)7-5-13;1-6-11(7(2)17-13-6)8-3-4-9(12)10(5-8)14(15)16/h3,8-9,13-14,18,21H,4-7H2,1-2H3;3-5H,1-2H3. The van der Waals surface area contributed by atoms with Crippen molar-refractivity contribution < 1.29 is 28.4 Å². The zero-order chi connectivity index (χ0) is 29.8. The lowest BCUT2D eigenvalue weighted by Gasteiger charge is -2.26. The molecule has 2 heterocycles. The molecule has 0 saturated heterocycles. The first-order chi connectivity index (χ1) is 19.5. The molecule has 2 aromatic carbocycles.